The smallest absolute Gasteiger partial charge is 0.208 e. The lowest BCUT2D eigenvalue weighted by Crippen LogP contribution is -1.71. The third-order valence-corrected chi connectivity index (χ3v) is 2.19. The topological polar surface area (TPSA) is 48.9 Å². The SMILES string of the molecule is Oc1cnc(-c2cccs2)[nH]1. The van der Waals surface area contributed by atoms with Crippen LogP contribution in [0.4, 0.5) is 0 Å². The standard InChI is InChI=1S/C7H6N2OS/c10-6-4-8-7(9-6)5-2-1-3-11-5/h1-4,10H,(H,8,9). The van der Waals surface area contributed by atoms with E-state index in [0.717, 1.165) is 10.7 Å². The highest BCUT2D eigenvalue weighted by molar-refractivity contribution is 7.13. The summed E-state index contributed by atoms with van der Waals surface area (Å²) in [5, 5.41) is 10.9. The lowest BCUT2D eigenvalue weighted by molar-refractivity contribution is 0.457. The monoisotopic (exact) mass is 166 g/mol. The van der Waals surface area contributed by atoms with E-state index in [2.05, 4.69) is 9.97 Å². The average Bonchev–Trinajstić information content (AvgIpc) is 2.55. The second kappa shape index (κ2) is 2.39. The van der Waals surface area contributed by atoms with Gasteiger partial charge in [-0.15, -0.1) is 11.3 Å². The number of imidazole rings is 1. The minimum atomic E-state index is 0.105. The van der Waals surface area contributed by atoms with E-state index < -0.39 is 0 Å². The van der Waals surface area contributed by atoms with Crippen LogP contribution >= 0.6 is 11.3 Å². The first kappa shape index (κ1) is 6.42. The highest BCUT2D eigenvalue weighted by Crippen LogP contribution is 2.22. The lowest BCUT2D eigenvalue weighted by atomic mass is 10.4. The third-order valence-electron chi connectivity index (χ3n) is 1.32. The number of nitrogens with zero attached hydrogens (tertiary/aromatic N) is 1. The van der Waals surface area contributed by atoms with Crippen molar-refractivity contribution in [3.8, 4) is 16.6 Å². The van der Waals surface area contributed by atoms with Crippen molar-refractivity contribution < 1.29 is 5.11 Å². The Kier molecular flexibility index (Phi) is 1.40. The molecule has 0 saturated heterocycles. The maximum atomic E-state index is 8.94. The molecule has 0 radical (unpaired) electrons. The van der Waals surface area contributed by atoms with Gasteiger partial charge in [0.25, 0.3) is 0 Å². The first-order valence-electron chi connectivity index (χ1n) is 3.14. The van der Waals surface area contributed by atoms with Gasteiger partial charge in [-0.05, 0) is 11.4 Å². The Bertz CT molecular complexity index is 339. The van der Waals surface area contributed by atoms with Crippen LogP contribution in [0.5, 0.6) is 5.88 Å². The molecule has 0 aromatic carbocycles. The Hall–Kier alpha value is -1.29. The summed E-state index contributed by atoms with van der Waals surface area (Å²) in [4.78, 5) is 7.73. The number of aromatic amines is 1. The summed E-state index contributed by atoms with van der Waals surface area (Å²) < 4.78 is 0. The van der Waals surface area contributed by atoms with Crippen LogP contribution in [0.1, 0.15) is 0 Å². The van der Waals surface area contributed by atoms with Crippen LogP contribution in [-0.4, -0.2) is 15.1 Å². The minimum Gasteiger partial charge on any atom is -0.493 e. The first-order valence-corrected chi connectivity index (χ1v) is 4.02. The van der Waals surface area contributed by atoms with Crippen molar-refractivity contribution in [2.45, 2.75) is 0 Å². The summed E-state index contributed by atoms with van der Waals surface area (Å²) >= 11 is 1.58. The van der Waals surface area contributed by atoms with Gasteiger partial charge < -0.3 is 10.1 Å². The zero-order valence-corrected chi connectivity index (χ0v) is 6.43. The zero-order chi connectivity index (χ0) is 7.68. The maximum absolute atomic E-state index is 8.94. The number of hydrogen-bond donors (Lipinski definition) is 2. The molecular weight excluding hydrogens is 160 g/mol. The molecular formula is C7H6N2OS. The van der Waals surface area contributed by atoms with Crippen molar-refractivity contribution in [1.82, 2.24) is 9.97 Å². The Morgan fingerprint density at radius 3 is 3.00 bits per heavy atom. The fraction of sp³-hybridized carbons (Fsp3) is 0. The summed E-state index contributed by atoms with van der Waals surface area (Å²) in [6, 6.07) is 3.89. The van der Waals surface area contributed by atoms with E-state index in [1.54, 1.807) is 11.3 Å². The molecule has 2 rings (SSSR count). The van der Waals surface area contributed by atoms with E-state index in [1.165, 1.54) is 6.20 Å². The first-order chi connectivity index (χ1) is 5.36. The predicted molar refractivity (Wildman–Crippen MR) is 43.6 cm³/mol. The molecule has 0 amide bonds. The van der Waals surface area contributed by atoms with Gasteiger partial charge in [0.1, 0.15) is 5.82 Å². The summed E-state index contributed by atoms with van der Waals surface area (Å²) in [6.45, 7) is 0. The van der Waals surface area contributed by atoms with Crippen LogP contribution in [0.3, 0.4) is 0 Å². The van der Waals surface area contributed by atoms with Gasteiger partial charge in [0, 0.05) is 0 Å². The number of hydrogen-bond acceptors (Lipinski definition) is 3. The quantitative estimate of drug-likeness (QED) is 0.679. The molecule has 0 bridgehead atoms. The number of thiophene rings is 1. The van der Waals surface area contributed by atoms with Crippen molar-refractivity contribution in [3.05, 3.63) is 23.7 Å². The molecule has 0 unspecified atom stereocenters. The minimum absolute atomic E-state index is 0.105. The molecule has 0 atom stereocenters. The van der Waals surface area contributed by atoms with E-state index in [0.29, 0.717) is 0 Å². The summed E-state index contributed by atoms with van der Waals surface area (Å²) in [6.07, 6.45) is 1.40. The molecule has 2 aromatic heterocycles. The van der Waals surface area contributed by atoms with Crippen LogP contribution in [0, 0.1) is 0 Å². The predicted octanol–water partition coefficient (Wildman–Crippen LogP) is 1.84. The third kappa shape index (κ3) is 1.12. The fourth-order valence-corrected chi connectivity index (χ4v) is 1.53. The van der Waals surface area contributed by atoms with Gasteiger partial charge in [0.15, 0.2) is 0 Å². The summed E-state index contributed by atoms with van der Waals surface area (Å²) in [7, 11) is 0. The van der Waals surface area contributed by atoms with E-state index in [1.807, 2.05) is 17.5 Å². The molecule has 2 N–H and O–H groups in total. The van der Waals surface area contributed by atoms with Gasteiger partial charge in [0.2, 0.25) is 5.88 Å². The van der Waals surface area contributed by atoms with Crippen LogP contribution in [0.25, 0.3) is 10.7 Å². The van der Waals surface area contributed by atoms with Crippen molar-refractivity contribution in [2.24, 2.45) is 0 Å². The Morgan fingerprint density at radius 1 is 1.55 bits per heavy atom. The molecule has 11 heavy (non-hydrogen) atoms. The van der Waals surface area contributed by atoms with Gasteiger partial charge in [-0.3, -0.25) is 0 Å². The Labute approximate surface area is 67.4 Å². The van der Waals surface area contributed by atoms with Crippen molar-refractivity contribution in [3.63, 3.8) is 0 Å². The molecule has 0 aliphatic heterocycles. The van der Waals surface area contributed by atoms with E-state index >= 15 is 0 Å². The molecule has 3 nitrogen and oxygen atoms in total. The lowest BCUT2D eigenvalue weighted by Gasteiger charge is -1.86. The van der Waals surface area contributed by atoms with Gasteiger partial charge in [-0.1, -0.05) is 6.07 Å². The maximum Gasteiger partial charge on any atom is 0.208 e. The Balaban J connectivity index is 2.45. The molecule has 0 aliphatic rings. The van der Waals surface area contributed by atoms with Crippen molar-refractivity contribution >= 4 is 11.3 Å². The molecule has 56 valence electrons. The van der Waals surface area contributed by atoms with Gasteiger partial charge >= 0.3 is 0 Å². The summed E-state index contributed by atoms with van der Waals surface area (Å²) in [5.41, 5.74) is 0. The van der Waals surface area contributed by atoms with Gasteiger partial charge in [0.05, 0.1) is 11.1 Å². The van der Waals surface area contributed by atoms with E-state index in [9.17, 15) is 0 Å². The van der Waals surface area contributed by atoms with E-state index in [-0.39, 0.29) is 5.88 Å². The van der Waals surface area contributed by atoms with Gasteiger partial charge in [-0.2, -0.15) is 0 Å². The summed E-state index contributed by atoms with van der Waals surface area (Å²) in [5.74, 6) is 0.825. The largest absolute Gasteiger partial charge is 0.493 e. The van der Waals surface area contributed by atoms with Crippen molar-refractivity contribution in [1.29, 1.82) is 0 Å². The molecule has 0 saturated carbocycles. The number of rotatable bonds is 1. The number of aromatic hydroxyl groups is 1. The Morgan fingerprint density at radius 2 is 2.45 bits per heavy atom. The number of nitrogens with one attached hydrogen (secondary N) is 1. The fourth-order valence-electron chi connectivity index (χ4n) is 0.850. The zero-order valence-electron chi connectivity index (χ0n) is 5.61. The van der Waals surface area contributed by atoms with Crippen LogP contribution in [0.15, 0.2) is 23.7 Å². The number of aromatic nitrogens is 2. The second-order valence-electron chi connectivity index (χ2n) is 2.09. The molecule has 0 spiro atoms. The van der Waals surface area contributed by atoms with Crippen LogP contribution in [-0.2, 0) is 0 Å². The molecule has 2 aromatic rings. The molecule has 4 heteroatoms. The highest BCUT2D eigenvalue weighted by Gasteiger charge is 2.01. The van der Waals surface area contributed by atoms with Crippen LogP contribution < -0.4 is 0 Å². The number of H-pyrrole nitrogens is 1. The normalized spacial score (nSPS) is 10.2. The highest BCUT2D eigenvalue weighted by atomic mass is 32.1. The average molecular weight is 166 g/mol. The van der Waals surface area contributed by atoms with E-state index in [4.69, 9.17) is 5.11 Å². The molecule has 0 aliphatic carbocycles. The van der Waals surface area contributed by atoms with Crippen molar-refractivity contribution in [2.75, 3.05) is 0 Å². The van der Waals surface area contributed by atoms with Crippen LogP contribution in [0.2, 0.25) is 0 Å². The molecule has 0 fully saturated rings. The van der Waals surface area contributed by atoms with Gasteiger partial charge in [-0.25, -0.2) is 4.98 Å². The molecule has 2 heterocycles. The second-order valence-corrected chi connectivity index (χ2v) is 3.04.